The first-order chi connectivity index (χ1) is 11.7. The molecule has 3 rings (SSSR count). The second-order valence-corrected chi connectivity index (χ2v) is 7.18. The van der Waals surface area contributed by atoms with Crippen LogP contribution in [0.5, 0.6) is 5.75 Å². The molecule has 2 aromatic rings. The molecule has 6 heteroatoms. The smallest absolute Gasteiger partial charge is 0.223 e. The molecule has 2 heterocycles. The molecule has 0 radical (unpaired) electrons. The molecule has 1 aromatic heterocycles. The second kappa shape index (κ2) is 7.66. The average molecular weight is 345 g/mol. The van der Waals surface area contributed by atoms with Crippen LogP contribution >= 0.6 is 11.3 Å². The van der Waals surface area contributed by atoms with Gasteiger partial charge in [0.05, 0.1) is 7.11 Å². The Morgan fingerprint density at radius 3 is 2.50 bits per heavy atom. The highest BCUT2D eigenvalue weighted by Gasteiger charge is 2.22. The summed E-state index contributed by atoms with van der Waals surface area (Å²) in [6.07, 6.45) is 3.24. The first kappa shape index (κ1) is 16.8. The van der Waals surface area contributed by atoms with E-state index in [0.717, 1.165) is 43.5 Å². The summed E-state index contributed by atoms with van der Waals surface area (Å²) >= 11 is 1.72. The molecule has 0 atom stereocenters. The van der Waals surface area contributed by atoms with E-state index in [9.17, 15) is 4.79 Å². The van der Waals surface area contributed by atoms with Crippen LogP contribution in [0.15, 0.2) is 30.5 Å². The molecule has 24 heavy (non-hydrogen) atoms. The maximum Gasteiger partial charge on any atom is 0.223 e. The van der Waals surface area contributed by atoms with Gasteiger partial charge in [0.1, 0.15) is 5.75 Å². The summed E-state index contributed by atoms with van der Waals surface area (Å²) in [7, 11) is 1.66. The van der Waals surface area contributed by atoms with Crippen LogP contribution in [-0.2, 0) is 11.2 Å². The fourth-order valence-corrected chi connectivity index (χ4v) is 3.65. The number of hydrogen-bond acceptors (Lipinski definition) is 5. The predicted octanol–water partition coefficient (Wildman–Crippen LogP) is 2.74. The predicted molar refractivity (Wildman–Crippen MR) is 97.0 cm³/mol. The third-order valence-corrected chi connectivity index (χ3v) is 5.27. The SMILES string of the molecule is COc1ccc(CCC(=O)N2CCN(c3ncc(C)s3)CC2)cc1. The fraction of sp³-hybridized carbons (Fsp3) is 0.444. The van der Waals surface area contributed by atoms with Gasteiger partial charge in [-0.1, -0.05) is 12.1 Å². The summed E-state index contributed by atoms with van der Waals surface area (Å²) in [5.74, 6) is 1.08. The zero-order valence-electron chi connectivity index (χ0n) is 14.2. The second-order valence-electron chi connectivity index (χ2n) is 5.97. The van der Waals surface area contributed by atoms with E-state index >= 15 is 0 Å². The molecule has 1 fully saturated rings. The Morgan fingerprint density at radius 2 is 1.92 bits per heavy atom. The molecule has 1 aliphatic heterocycles. The largest absolute Gasteiger partial charge is 0.497 e. The van der Waals surface area contributed by atoms with Gasteiger partial charge in [0, 0.05) is 43.7 Å². The maximum absolute atomic E-state index is 12.4. The normalized spacial score (nSPS) is 14.8. The van der Waals surface area contributed by atoms with Crippen molar-refractivity contribution in [3.8, 4) is 5.75 Å². The lowest BCUT2D eigenvalue weighted by molar-refractivity contribution is -0.131. The Labute approximate surface area is 146 Å². The molecule has 128 valence electrons. The molecule has 0 N–H and O–H groups in total. The lowest BCUT2D eigenvalue weighted by Crippen LogP contribution is -2.48. The molecule has 0 aliphatic carbocycles. The molecule has 5 nitrogen and oxygen atoms in total. The quantitative estimate of drug-likeness (QED) is 0.836. The maximum atomic E-state index is 12.4. The molecule has 1 aromatic carbocycles. The lowest BCUT2D eigenvalue weighted by atomic mass is 10.1. The highest BCUT2D eigenvalue weighted by atomic mass is 32.1. The molecule has 1 amide bonds. The molecule has 0 spiro atoms. The van der Waals surface area contributed by atoms with Gasteiger partial charge in [-0.2, -0.15) is 0 Å². The Kier molecular flexibility index (Phi) is 5.35. The molecule has 0 unspecified atom stereocenters. The summed E-state index contributed by atoms with van der Waals surface area (Å²) in [6, 6.07) is 7.92. The molecule has 0 bridgehead atoms. The number of carbonyl (C=O) groups excluding carboxylic acids is 1. The van der Waals surface area contributed by atoms with E-state index in [2.05, 4.69) is 16.8 Å². The van der Waals surface area contributed by atoms with E-state index < -0.39 is 0 Å². The van der Waals surface area contributed by atoms with Crippen molar-refractivity contribution in [1.82, 2.24) is 9.88 Å². The van der Waals surface area contributed by atoms with Crippen LogP contribution < -0.4 is 9.64 Å². The van der Waals surface area contributed by atoms with E-state index in [1.807, 2.05) is 35.4 Å². The molecule has 1 aliphatic rings. The fourth-order valence-electron chi connectivity index (χ4n) is 2.84. The van der Waals surface area contributed by atoms with Gasteiger partial charge in [0.15, 0.2) is 5.13 Å². The van der Waals surface area contributed by atoms with Crippen molar-refractivity contribution >= 4 is 22.4 Å². The van der Waals surface area contributed by atoms with Crippen molar-refractivity contribution in [3.05, 3.63) is 40.9 Å². The first-order valence-electron chi connectivity index (χ1n) is 8.24. The third-order valence-electron chi connectivity index (χ3n) is 4.30. The monoisotopic (exact) mass is 345 g/mol. The number of amides is 1. The number of nitrogens with zero attached hydrogens (tertiary/aromatic N) is 3. The van der Waals surface area contributed by atoms with Crippen LogP contribution in [0.25, 0.3) is 0 Å². The van der Waals surface area contributed by atoms with Crippen molar-refractivity contribution in [2.45, 2.75) is 19.8 Å². The van der Waals surface area contributed by atoms with Gasteiger partial charge in [0.2, 0.25) is 5.91 Å². The Morgan fingerprint density at radius 1 is 1.21 bits per heavy atom. The number of carbonyl (C=O) groups is 1. The summed E-state index contributed by atoms with van der Waals surface area (Å²) in [6.45, 7) is 5.35. The lowest BCUT2D eigenvalue weighted by Gasteiger charge is -2.34. The number of thiazole rings is 1. The Balaban J connectivity index is 1.46. The number of piperazine rings is 1. The topological polar surface area (TPSA) is 45.7 Å². The highest BCUT2D eigenvalue weighted by Crippen LogP contribution is 2.23. The minimum Gasteiger partial charge on any atom is -0.497 e. The molecule has 1 saturated heterocycles. The van der Waals surface area contributed by atoms with Crippen LogP contribution in [0.2, 0.25) is 0 Å². The average Bonchev–Trinajstić information content (AvgIpc) is 3.06. The van der Waals surface area contributed by atoms with Gasteiger partial charge in [-0.15, -0.1) is 11.3 Å². The minimum atomic E-state index is 0.237. The summed E-state index contributed by atoms with van der Waals surface area (Å²) in [5.41, 5.74) is 1.17. The van der Waals surface area contributed by atoms with Crippen LogP contribution in [-0.4, -0.2) is 49.1 Å². The number of ether oxygens (including phenoxy) is 1. The third kappa shape index (κ3) is 4.06. The van der Waals surface area contributed by atoms with Gasteiger partial charge in [0.25, 0.3) is 0 Å². The van der Waals surface area contributed by atoms with Crippen LogP contribution in [0, 0.1) is 6.92 Å². The van der Waals surface area contributed by atoms with Gasteiger partial charge < -0.3 is 14.5 Å². The highest BCUT2D eigenvalue weighted by molar-refractivity contribution is 7.15. The van der Waals surface area contributed by atoms with Gasteiger partial charge >= 0.3 is 0 Å². The van der Waals surface area contributed by atoms with E-state index in [0.29, 0.717) is 6.42 Å². The van der Waals surface area contributed by atoms with Crippen LogP contribution in [0.1, 0.15) is 16.9 Å². The van der Waals surface area contributed by atoms with E-state index in [4.69, 9.17) is 4.74 Å². The van der Waals surface area contributed by atoms with Gasteiger partial charge in [-0.05, 0) is 31.0 Å². The molecular formula is C18H23N3O2S. The van der Waals surface area contributed by atoms with Crippen molar-refractivity contribution in [2.75, 3.05) is 38.2 Å². The van der Waals surface area contributed by atoms with E-state index in [-0.39, 0.29) is 5.91 Å². The molecule has 0 saturated carbocycles. The first-order valence-corrected chi connectivity index (χ1v) is 9.05. The number of aryl methyl sites for hydroxylation is 2. The van der Waals surface area contributed by atoms with E-state index in [1.165, 1.54) is 10.4 Å². The summed E-state index contributed by atoms with van der Waals surface area (Å²) in [5, 5.41) is 1.07. The number of hydrogen-bond donors (Lipinski definition) is 0. The number of rotatable bonds is 5. The Bertz CT molecular complexity index is 676. The van der Waals surface area contributed by atoms with Gasteiger partial charge in [-0.25, -0.2) is 4.98 Å². The van der Waals surface area contributed by atoms with E-state index in [1.54, 1.807) is 18.4 Å². The molecular weight excluding hydrogens is 322 g/mol. The summed E-state index contributed by atoms with van der Waals surface area (Å²) in [4.78, 5) is 22.3. The Hall–Kier alpha value is -2.08. The zero-order valence-corrected chi connectivity index (χ0v) is 15.0. The standard InChI is InChI=1S/C18H23N3O2S/c1-14-13-19-18(24-14)21-11-9-20(10-12-21)17(22)8-5-15-3-6-16(23-2)7-4-15/h3-4,6-7,13H,5,8-12H2,1-2H3. The number of anilines is 1. The van der Waals surface area contributed by atoms with Crippen molar-refractivity contribution in [1.29, 1.82) is 0 Å². The zero-order chi connectivity index (χ0) is 16.9. The van der Waals surface area contributed by atoms with Crippen molar-refractivity contribution in [2.24, 2.45) is 0 Å². The minimum absolute atomic E-state index is 0.237. The number of aromatic nitrogens is 1. The van der Waals surface area contributed by atoms with Crippen molar-refractivity contribution < 1.29 is 9.53 Å². The summed E-state index contributed by atoms with van der Waals surface area (Å²) < 4.78 is 5.15. The number of methoxy groups -OCH3 is 1. The van der Waals surface area contributed by atoms with Crippen LogP contribution in [0.3, 0.4) is 0 Å². The van der Waals surface area contributed by atoms with Gasteiger partial charge in [-0.3, -0.25) is 4.79 Å². The van der Waals surface area contributed by atoms with Crippen LogP contribution in [0.4, 0.5) is 5.13 Å². The number of benzene rings is 1. The van der Waals surface area contributed by atoms with Crippen molar-refractivity contribution in [3.63, 3.8) is 0 Å².